The monoisotopic (exact) mass is 569 g/mol. The number of pyridine rings is 1. The molecule has 12 heteroatoms. The van der Waals surface area contributed by atoms with Crippen LogP contribution in [0.2, 0.25) is 5.02 Å². The Kier molecular flexibility index (Phi) is 7.92. The van der Waals surface area contributed by atoms with Crippen molar-refractivity contribution in [3.63, 3.8) is 0 Å². The minimum absolute atomic E-state index is 0.0179. The summed E-state index contributed by atoms with van der Waals surface area (Å²) in [7, 11) is 0. The molecule has 1 fully saturated rings. The fraction of sp³-hybridized carbons (Fsp3) is 0.259. The van der Waals surface area contributed by atoms with Gasteiger partial charge in [0.2, 0.25) is 5.43 Å². The van der Waals surface area contributed by atoms with Crippen LogP contribution in [0.5, 0.6) is 5.75 Å². The molecule has 0 bridgehead atoms. The van der Waals surface area contributed by atoms with Crippen LogP contribution in [0.1, 0.15) is 44.8 Å². The molecule has 2 aliphatic rings. The van der Waals surface area contributed by atoms with Gasteiger partial charge in [-0.3, -0.25) is 30.2 Å². The maximum absolute atomic E-state index is 14.2. The van der Waals surface area contributed by atoms with Crippen molar-refractivity contribution in [2.24, 2.45) is 0 Å². The highest BCUT2D eigenvalue weighted by atomic mass is 35.5. The van der Waals surface area contributed by atoms with Gasteiger partial charge in [-0.2, -0.15) is 5.01 Å². The van der Waals surface area contributed by atoms with Gasteiger partial charge < -0.3 is 9.30 Å². The lowest BCUT2D eigenvalue weighted by atomic mass is 10.1. The highest BCUT2D eigenvalue weighted by Gasteiger charge is 2.37. The minimum Gasteiger partial charge on any atom is -0.483 e. The molecule has 202 valence electrons. The molecule has 9 nitrogen and oxygen atoms in total. The third-order valence-electron chi connectivity index (χ3n) is 6.54. The SMILES string of the molecule is O=C(NNC(=S)Cc1cccc(Cl)c1F)c1cn2c(c(OCc3ccccc3)c1=O)C(=O)N1CCCCN1C2. The third kappa shape index (κ3) is 5.65. The minimum atomic E-state index is -0.776. The first-order chi connectivity index (χ1) is 18.8. The van der Waals surface area contributed by atoms with E-state index in [1.807, 2.05) is 35.3 Å². The zero-order valence-electron chi connectivity index (χ0n) is 20.8. The van der Waals surface area contributed by atoms with E-state index in [0.29, 0.717) is 13.1 Å². The van der Waals surface area contributed by atoms with Crippen LogP contribution in [0, 0.1) is 5.82 Å². The van der Waals surface area contributed by atoms with Crippen LogP contribution in [-0.4, -0.2) is 44.5 Å². The molecule has 0 spiro atoms. The first-order valence-corrected chi connectivity index (χ1v) is 13.1. The van der Waals surface area contributed by atoms with Crippen LogP contribution >= 0.6 is 23.8 Å². The summed E-state index contributed by atoms with van der Waals surface area (Å²) in [6.07, 6.45) is 3.12. The maximum atomic E-state index is 14.2. The molecule has 0 atom stereocenters. The van der Waals surface area contributed by atoms with Crippen molar-refractivity contribution in [3.8, 4) is 5.75 Å². The number of hydrogen-bond acceptors (Lipinski definition) is 6. The summed E-state index contributed by atoms with van der Waals surface area (Å²) in [5, 5.41) is 3.48. The Balaban J connectivity index is 1.41. The molecule has 3 heterocycles. The van der Waals surface area contributed by atoms with Crippen LogP contribution < -0.4 is 21.0 Å². The van der Waals surface area contributed by atoms with Gasteiger partial charge in [0.15, 0.2) is 11.4 Å². The Morgan fingerprint density at radius 2 is 1.82 bits per heavy atom. The number of hydrazine groups is 2. The fourth-order valence-electron chi connectivity index (χ4n) is 4.59. The van der Waals surface area contributed by atoms with Gasteiger partial charge in [0.25, 0.3) is 11.8 Å². The Labute approximate surface area is 234 Å². The lowest BCUT2D eigenvalue weighted by Crippen LogP contribution is -2.55. The number of carbonyl (C=O) groups excluding carboxylic acids is 2. The quantitative estimate of drug-likeness (QED) is 0.347. The number of thiocarbonyl (C=S) groups is 1. The summed E-state index contributed by atoms with van der Waals surface area (Å²) in [5.41, 5.74) is 5.17. The first kappa shape index (κ1) is 26.8. The maximum Gasteiger partial charge on any atom is 0.288 e. The predicted molar refractivity (Wildman–Crippen MR) is 147 cm³/mol. The van der Waals surface area contributed by atoms with Crippen molar-refractivity contribution >= 4 is 40.6 Å². The molecule has 2 N–H and O–H groups in total. The van der Waals surface area contributed by atoms with Crippen LogP contribution in [0.15, 0.2) is 59.5 Å². The molecule has 1 aromatic heterocycles. The van der Waals surface area contributed by atoms with Crippen LogP contribution in [0.3, 0.4) is 0 Å². The summed E-state index contributed by atoms with van der Waals surface area (Å²) < 4.78 is 21.7. The molecule has 0 aliphatic carbocycles. The molecule has 2 amide bonds. The zero-order chi connectivity index (χ0) is 27.5. The zero-order valence-corrected chi connectivity index (χ0v) is 22.4. The van der Waals surface area contributed by atoms with Crippen molar-refractivity contribution in [2.45, 2.75) is 32.5 Å². The van der Waals surface area contributed by atoms with E-state index in [0.717, 1.165) is 18.4 Å². The molecule has 2 aromatic carbocycles. The summed E-state index contributed by atoms with van der Waals surface area (Å²) in [4.78, 5) is 40.2. The normalized spacial score (nSPS) is 14.8. The van der Waals surface area contributed by atoms with Crippen molar-refractivity contribution in [2.75, 3.05) is 13.1 Å². The molecule has 0 saturated carbocycles. The van der Waals surface area contributed by atoms with Crippen molar-refractivity contribution in [1.29, 1.82) is 0 Å². The summed E-state index contributed by atoms with van der Waals surface area (Å²) in [6.45, 7) is 1.54. The molecule has 0 unspecified atom stereocenters. The summed E-state index contributed by atoms with van der Waals surface area (Å²) in [6, 6.07) is 13.8. The van der Waals surface area contributed by atoms with Gasteiger partial charge in [0.1, 0.15) is 18.0 Å². The van der Waals surface area contributed by atoms with Gasteiger partial charge in [-0.25, -0.2) is 4.39 Å². The van der Waals surface area contributed by atoms with Crippen LogP contribution in [-0.2, 0) is 19.7 Å². The average Bonchev–Trinajstić information content (AvgIpc) is 2.94. The molecular weight excluding hydrogens is 545 g/mol. The lowest BCUT2D eigenvalue weighted by molar-refractivity contribution is -0.0623. The molecule has 5 rings (SSSR count). The highest BCUT2D eigenvalue weighted by Crippen LogP contribution is 2.27. The number of benzene rings is 2. The molecule has 39 heavy (non-hydrogen) atoms. The van der Waals surface area contributed by atoms with Gasteiger partial charge in [-0.05, 0) is 30.0 Å². The lowest BCUT2D eigenvalue weighted by Gasteiger charge is -2.43. The van der Waals surface area contributed by atoms with E-state index in [4.69, 9.17) is 28.6 Å². The van der Waals surface area contributed by atoms with Crippen molar-refractivity contribution in [1.82, 2.24) is 25.4 Å². The summed E-state index contributed by atoms with van der Waals surface area (Å²) >= 11 is 11.1. The van der Waals surface area contributed by atoms with Gasteiger partial charge in [-0.1, -0.05) is 66.3 Å². The van der Waals surface area contributed by atoms with Gasteiger partial charge in [0.05, 0.1) is 16.7 Å². The van der Waals surface area contributed by atoms with E-state index in [2.05, 4.69) is 10.9 Å². The number of hydrogen-bond donors (Lipinski definition) is 2. The average molecular weight is 570 g/mol. The van der Waals surface area contributed by atoms with E-state index in [-0.39, 0.29) is 58.2 Å². The van der Waals surface area contributed by atoms with Gasteiger partial charge in [-0.15, -0.1) is 0 Å². The fourth-order valence-corrected chi connectivity index (χ4v) is 4.99. The second-order valence-corrected chi connectivity index (χ2v) is 10.1. The molecular formula is C27H25ClFN5O4S. The van der Waals surface area contributed by atoms with E-state index in [1.54, 1.807) is 15.6 Å². The Morgan fingerprint density at radius 1 is 1.05 bits per heavy atom. The number of rotatable bonds is 6. The Morgan fingerprint density at radius 3 is 2.62 bits per heavy atom. The smallest absolute Gasteiger partial charge is 0.288 e. The standard InChI is InChI=1S/C27H25ClFN5O4S/c28-20-10-6-9-18(22(20)29)13-21(39)30-31-26(36)19-14-32-16-33-11-4-5-12-34(33)27(37)23(32)25(24(19)35)38-15-17-7-2-1-3-8-17/h1-3,6-10,14H,4-5,11-13,15-16H2,(H,30,39)(H,31,36). The molecule has 0 radical (unpaired) electrons. The van der Waals surface area contributed by atoms with E-state index >= 15 is 0 Å². The van der Waals surface area contributed by atoms with Crippen LogP contribution in [0.25, 0.3) is 0 Å². The number of aromatic nitrogens is 1. The van der Waals surface area contributed by atoms with E-state index in [9.17, 15) is 18.8 Å². The Hall–Kier alpha value is -3.80. The number of nitrogens with one attached hydrogen (secondary N) is 2. The number of amides is 2. The third-order valence-corrected chi connectivity index (χ3v) is 7.08. The molecule has 1 saturated heterocycles. The van der Waals surface area contributed by atoms with E-state index in [1.165, 1.54) is 18.3 Å². The molecule has 3 aromatic rings. The first-order valence-electron chi connectivity index (χ1n) is 12.4. The second kappa shape index (κ2) is 11.5. The van der Waals surface area contributed by atoms with E-state index < -0.39 is 17.2 Å². The number of fused-ring (bicyclic) bond motifs is 2. The topological polar surface area (TPSA) is 95.9 Å². The van der Waals surface area contributed by atoms with Gasteiger partial charge in [0, 0.05) is 25.7 Å². The Bertz CT molecular complexity index is 1500. The summed E-state index contributed by atoms with van der Waals surface area (Å²) in [5.74, 6) is -1.91. The van der Waals surface area contributed by atoms with Crippen molar-refractivity contribution < 1.29 is 18.7 Å². The number of carbonyl (C=O) groups is 2. The number of nitrogens with zero attached hydrogens (tertiary/aromatic N) is 3. The largest absolute Gasteiger partial charge is 0.483 e. The number of ether oxygens (including phenoxy) is 1. The molecule has 2 aliphatic heterocycles. The van der Waals surface area contributed by atoms with Crippen LogP contribution in [0.4, 0.5) is 4.39 Å². The second-order valence-electron chi connectivity index (χ2n) is 9.19. The number of halogens is 2. The van der Waals surface area contributed by atoms with Gasteiger partial charge >= 0.3 is 0 Å². The van der Waals surface area contributed by atoms with Crippen molar-refractivity contribution in [3.05, 3.63) is 98.2 Å². The predicted octanol–water partition coefficient (Wildman–Crippen LogP) is 3.45. The highest BCUT2D eigenvalue weighted by molar-refractivity contribution is 7.80.